The Morgan fingerprint density at radius 3 is 2.56 bits per heavy atom. The Bertz CT molecular complexity index is 863. The van der Waals surface area contributed by atoms with Gasteiger partial charge >= 0.3 is 5.97 Å². The quantitative estimate of drug-likeness (QED) is 0.562. The van der Waals surface area contributed by atoms with Crippen molar-refractivity contribution in [2.24, 2.45) is 0 Å². The number of carbonyl (C=O) groups is 1. The van der Waals surface area contributed by atoms with Crippen LogP contribution in [0.3, 0.4) is 0 Å². The van der Waals surface area contributed by atoms with Crippen molar-refractivity contribution in [2.45, 2.75) is 20.0 Å². The molecular formula is C21H21FN2O3. The van der Waals surface area contributed by atoms with Crippen LogP contribution in [0.15, 0.2) is 65.2 Å². The molecule has 6 heteroatoms. The molecule has 0 saturated carbocycles. The normalized spacial score (nSPS) is 10.9. The predicted octanol–water partition coefficient (Wildman–Crippen LogP) is 4.05. The van der Waals surface area contributed by atoms with Crippen LogP contribution >= 0.6 is 0 Å². The monoisotopic (exact) mass is 368 g/mol. The first-order valence-corrected chi connectivity index (χ1v) is 8.76. The van der Waals surface area contributed by atoms with Gasteiger partial charge in [0.25, 0.3) is 0 Å². The van der Waals surface area contributed by atoms with Crippen molar-refractivity contribution in [2.75, 3.05) is 13.2 Å². The van der Waals surface area contributed by atoms with E-state index in [9.17, 15) is 9.18 Å². The minimum atomic E-state index is -0.325. The average Bonchev–Trinajstić information content (AvgIpc) is 3.13. The Morgan fingerprint density at radius 2 is 1.85 bits per heavy atom. The smallest absolute Gasteiger partial charge is 0.320 e. The maximum atomic E-state index is 13.1. The van der Waals surface area contributed by atoms with E-state index in [1.54, 1.807) is 25.3 Å². The highest BCUT2D eigenvalue weighted by Gasteiger charge is 2.16. The second kappa shape index (κ2) is 9.09. The second-order valence-corrected chi connectivity index (χ2v) is 6.06. The van der Waals surface area contributed by atoms with Crippen LogP contribution in [-0.2, 0) is 22.6 Å². The highest BCUT2D eigenvalue weighted by Crippen LogP contribution is 2.21. The number of aromatic nitrogens is 1. The Balaban J connectivity index is 1.73. The van der Waals surface area contributed by atoms with Crippen molar-refractivity contribution in [1.82, 2.24) is 9.88 Å². The number of carbonyl (C=O) groups excluding carboxylic acids is 1. The van der Waals surface area contributed by atoms with E-state index in [-0.39, 0.29) is 18.3 Å². The van der Waals surface area contributed by atoms with Crippen LogP contribution in [0.4, 0.5) is 4.39 Å². The lowest BCUT2D eigenvalue weighted by Gasteiger charge is -2.19. The first-order valence-electron chi connectivity index (χ1n) is 8.76. The highest BCUT2D eigenvalue weighted by molar-refractivity contribution is 5.71. The summed E-state index contributed by atoms with van der Waals surface area (Å²) in [4.78, 5) is 18.1. The predicted molar refractivity (Wildman–Crippen MR) is 99.1 cm³/mol. The summed E-state index contributed by atoms with van der Waals surface area (Å²) in [5.41, 5.74) is 1.82. The van der Waals surface area contributed by atoms with Crippen molar-refractivity contribution in [3.05, 3.63) is 78.1 Å². The van der Waals surface area contributed by atoms with Gasteiger partial charge < -0.3 is 9.15 Å². The topological polar surface area (TPSA) is 55.6 Å². The molecule has 0 aliphatic heterocycles. The standard InChI is InChI=1S/C21H21FN2O3/c1-2-26-21(25)15-24(13-16-8-10-18(22)11-9-16)14-20-23-12-19(27-20)17-6-4-3-5-7-17/h3-12H,2,13-15H2,1H3. The summed E-state index contributed by atoms with van der Waals surface area (Å²) in [6.45, 7) is 2.96. The molecule has 0 atom stereocenters. The Morgan fingerprint density at radius 1 is 1.11 bits per heavy atom. The summed E-state index contributed by atoms with van der Waals surface area (Å²) in [5, 5.41) is 0. The number of ether oxygens (including phenoxy) is 1. The zero-order valence-electron chi connectivity index (χ0n) is 15.1. The van der Waals surface area contributed by atoms with Gasteiger partial charge in [-0.15, -0.1) is 0 Å². The number of hydrogen-bond donors (Lipinski definition) is 0. The molecule has 1 heterocycles. The summed E-state index contributed by atoms with van der Waals surface area (Å²) >= 11 is 0. The molecule has 0 radical (unpaired) electrons. The first-order chi connectivity index (χ1) is 13.1. The number of benzene rings is 2. The third kappa shape index (κ3) is 5.49. The van der Waals surface area contributed by atoms with E-state index in [2.05, 4.69) is 4.98 Å². The molecule has 0 bridgehead atoms. The highest BCUT2D eigenvalue weighted by atomic mass is 19.1. The fourth-order valence-corrected chi connectivity index (χ4v) is 2.72. The van der Waals surface area contributed by atoms with Gasteiger partial charge in [-0.1, -0.05) is 42.5 Å². The van der Waals surface area contributed by atoms with Crippen LogP contribution in [0, 0.1) is 5.82 Å². The van der Waals surface area contributed by atoms with Gasteiger partial charge in [0.1, 0.15) is 5.82 Å². The third-order valence-corrected chi connectivity index (χ3v) is 3.95. The molecule has 0 fully saturated rings. The summed E-state index contributed by atoms with van der Waals surface area (Å²) in [6.07, 6.45) is 1.67. The lowest BCUT2D eigenvalue weighted by atomic mass is 10.2. The molecule has 0 N–H and O–H groups in total. The number of rotatable bonds is 8. The van der Waals surface area contributed by atoms with E-state index >= 15 is 0 Å². The molecule has 3 rings (SSSR count). The van der Waals surface area contributed by atoms with E-state index in [1.807, 2.05) is 35.2 Å². The van der Waals surface area contributed by atoms with E-state index < -0.39 is 0 Å². The van der Waals surface area contributed by atoms with Crippen LogP contribution < -0.4 is 0 Å². The maximum absolute atomic E-state index is 13.1. The lowest BCUT2D eigenvalue weighted by Crippen LogP contribution is -2.30. The van der Waals surface area contributed by atoms with Crippen molar-refractivity contribution in [1.29, 1.82) is 0 Å². The molecular weight excluding hydrogens is 347 g/mol. The van der Waals surface area contributed by atoms with Crippen LogP contribution in [0.5, 0.6) is 0 Å². The number of nitrogens with zero attached hydrogens (tertiary/aromatic N) is 2. The zero-order chi connectivity index (χ0) is 19.1. The summed E-state index contributed by atoms with van der Waals surface area (Å²) in [5.74, 6) is 0.550. The summed E-state index contributed by atoms with van der Waals surface area (Å²) < 4.78 is 24.0. The van der Waals surface area contributed by atoms with Gasteiger partial charge in [0.15, 0.2) is 5.76 Å². The van der Waals surface area contributed by atoms with E-state index in [0.717, 1.165) is 11.1 Å². The van der Waals surface area contributed by atoms with Gasteiger partial charge in [-0.05, 0) is 24.6 Å². The van der Waals surface area contributed by atoms with Gasteiger partial charge in [0.2, 0.25) is 5.89 Å². The van der Waals surface area contributed by atoms with Gasteiger partial charge in [-0.3, -0.25) is 9.69 Å². The Labute approximate surface area is 157 Å². The molecule has 1 aromatic heterocycles. The van der Waals surface area contributed by atoms with Crippen molar-refractivity contribution in [3.8, 4) is 11.3 Å². The second-order valence-electron chi connectivity index (χ2n) is 6.06. The van der Waals surface area contributed by atoms with Gasteiger partial charge in [0, 0.05) is 12.1 Å². The van der Waals surface area contributed by atoms with E-state index in [1.165, 1.54) is 12.1 Å². The fourth-order valence-electron chi connectivity index (χ4n) is 2.72. The molecule has 140 valence electrons. The summed E-state index contributed by atoms with van der Waals surface area (Å²) in [6, 6.07) is 15.9. The molecule has 0 unspecified atom stereocenters. The SMILES string of the molecule is CCOC(=O)CN(Cc1ccc(F)cc1)Cc1ncc(-c2ccccc2)o1. The Kier molecular flexibility index (Phi) is 6.33. The Hall–Kier alpha value is -2.99. The van der Waals surface area contributed by atoms with Gasteiger partial charge in [-0.25, -0.2) is 9.37 Å². The maximum Gasteiger partial charge on any atom is 0.320 e. The van der Waals surface area contributed by atoms with E-state index in [4.69, 9.17) is 9.15 Å². The molecule has 0 amide bonds. The molecule has 0 aliphatic rings. The van der Waals surface area contributed by atoms with Crippen molar-refractivity contribution < 1.29 is 18.3 Å². The van der Waals surface area contributed by atoms with E-state index in [0.29, 0.717) is 31.3 Å². The number of hydrogen-bond acceptors (Lipinski definition) is 5. The number of halogens is 1. The van der Waals surface area contributed by atoms with Crippen molar-refractivity contribution in [3.63, 3.8) is 0 Å². The molecule has 0 spiro atoms. The largest absolute Gasteiger partial charge is 0.465 e. The molecule has 2 aromatic carbocycles. The van der Waals surface area contributed by atoms with Gasteiger partial charge in [0.05, 0.1) is 25.9 Å². The molecule has 5 nitrogen and oxygen atoms in total. The zero-order valence-corrected chi connectivity index (χ0v) is 15.1. The summed E-state index contributed by atoms with van der Waals surface area (Å²) in [7, 11) is 0. The first kappa shape index (κ1) is 18.8. The number of esters is 1. The third-order valence-electron chi connectivity index (χ3n) is 3.95. The fraction of sp³-hybridized carbons (Fsp3) is 0.238. The van der Waals surface area contributed by atoms with Crippen LogP contribution in [-0.4, -0.2) is 29.0 Å². The number of oxazole rings is 1. The molecule has 0 aliphatic carbocycles. The molecule has 27 heavy (non-hydrogen) atoms. The minimum Gasteiger partial charge on any atom is -0.465 e. The van der Waals surface area contributed by atoms with Crippen molar-refractivity contribution >= 4 is 5.97 Å². The van der Waals surface area contributed by atoms with Gasteiger partial charge in [-0.2, -0.15) is 0 Å². The lowest BCUT2D eigenvalue weighted by molar-refractivity contribution is -0.144. The minimum absolute atomic E-state index is 0.0915. The molecule has 3 aromatic rings. The van der Waals surface area contributed by atoms with Crippen LogP contribution in [0.2, 0.25) is 0 Å². The molecule has 0 saturated heterocycles. The van der Waals surface area contributed by atoms with Crippen LogP contribution in [0.25, 0.3) is 11.3 Å². The average molecular weight is 368 g/mol. The van der Waals surface area contributed by atoms with Crippen LogP contribution in [0.1, 0.15) is 18.4 Å².